The fourth-order valence-corrected chi connectivity index (χ4v) is 13.7. The number of anilines is 13. The molecule has 4 aromatic carbocycles. The van der Waals surface area contributed by atoms with Crippen LogP contribution in [0, 0.1) is 70.8 Å². The summed E-state index contributed by atoms with van der Waals surface area (Å²) in [5.74, 6) is 6.26. The van der Waals surface area contributed by atoms with Gasteiger partial charge in [-0.2, -0.15) is 15.2 Å². The lowest BCUT2D eigenvalue weighted by molar-refractivity contribution is -0.383. The molecule has 0 fully saturated rings. The van der Waals surface area contributed by atoms with Gasteiger partial charge in [-0.3, -0.25) is 29.3 Å². The number of hydrogen-bond acceptors (Lipinski definition) is 25. The molecule has 4 aromatic heterocycles. The second-order valence-electron chi connectivity index (χ2n) is 34.6. The lowest BCUT2D eigenvalue weighted by Crippen LogP contribution is -2.31. The minimum atomic E-state index is -0.464. The van der Waals surface area contributed by atoms with Crippen molar-refractivity contribution in [2.75, 3.05) is 156 Å². The van der Waals surface area contributed by atoms with Crippen molar-refractivity contribution < 1.29 is 24.1 Å². The minimum Gasteiger partial charge on any atom is -0.358 e. The number of nitriles is 1. The lowest BCUT2D eigenvalue weighted by atomic mass is 9.96. The SMILES string of the molecule is CCc1nc(Nc2cc(C(=O)NC)ccc2C)c(Br)c(N(C)CC(C)(C)C)n1.CCc1nc(Nc2cc(C(=O)NC)ccc2C)c(Br)c(N(C)CC(C)(C)C)n1.CCc1nc(Nc2cc(C(=O)NC)ccc2C)c([N+](=O)[O-])c(N(C)CC(C)(C)C)n1.CNC(=O)c1ccc(C)c(Nc2nc(NCCCN(C)C)nc(N(C)CC(C)(C)C)c2C#N)c1. The number of benzene rings is 4. The second-order valence-corrected chi connectivity index (χ2v) is 36.2. The highest BCUT2D eigenvalue weighted by Gasteiger charge is 2.31. The average Bonchev–Trinajstić information content (AvgIpc) is 0.815. The number of carbonyl (C=O) groups excluding carboxylic acids is 4. The molecule has 0 bridgehead atoms. The number of nitro groups is 1. The molecule has 30 nitrogen and oxygen atoms in total. The van der Waals surface area contributed by atoms with Gasteiger partial charge in [-0.1, -0.05) is 128 Å². The molecule has 0 spiro atoms. The molecule has 8 aromatic rings. The van der Waals surface area contributed by atoms with Crippen LogP contribution in [0.1, 0.15) is 197 Å². The predicted molar refractivity (Wildman–Crippen MR) is 497 cm³/mol. The van der Waals surface area contributed by atoms with Crippen LogP contribution in [0.3, 0.4) is 0 Å². The van der Waals surface area contributed by atoms with Gasteiger partial charge in [0, 0.05) is 153 Å². The summed E-state index contributed by atoms with van der Waals surface area (Å²) in [5, 5.41) is 49.0. The van der Waals surface area contributed by atoms with E-state index in [1.165, 1.54) is 0 Å². The Morgan fingerprint density at radius 1 is 0.433 bits per heavy atom. The number of aromatic nitrogens is 8. The van der Waals surface area contributed by atoms with Gasteiger partial charge in [-0.05, 0) is 179 Å². The molecule has 0 atom stereocenters. The van der Waals surface area contributed by atoms with Crippen molar-refractivity contribution in [2.24, 2.45) is 21.7 Å². The maximum atomic E-state index is 12.1. The van der Waals surface area contributed by atoms with E-state index in [0.29, 0.717) is 100 Å². The third-order valence-electron chi connectivity index (χ3n) is 18.1. The van der Waals surface area contributed by atoms with Crippen molar-refractivity contribution in [3.05, 3.63) is 159 Å². The molecule has 0 saturated heterocycles. The first-order valence-corrected chi connectivity index (χ1v) is 41.7. The van der Waals surface area contributed by atoms with Gasteiger partial charge in [-0.25, -0.2) is 29.9 Å². The summed E-state index contributed by atoms with van der Waals surface area (Å²) in [4.78, 5) is 107. The molecule has 120 heavy (non-hydrogen) atoms. The van der Waals surface area contributed by atoms with Gasteiger partial charge >= 0.3 is 5.69 Å². The third-order valence-corrected chi connectivity index (χ3v) is 19.5. The Kier molecular flexibility index (Phi) is 36.9. The van der Waals surface area contributed by atoms with E-state index in [0.717, 1.165) is 105 Å². The molecule has 0 unspecified atom stereocenters. The topological polar surface area (TPSA) is 363 Å². The molecular formula is C88H128Br2N24O6. The molecule has 4 heterocycles. The van der Waals surface area contributed by atoms with Crippen LogP contribution in [-0.2, 0) is 19.3 Å². The van der Waals surface area contributed by atoms with E-state index in [4.69, 9.17) is 15.0 Å². The Balaban J connectivity index is 0.000000286. The fraction of sp³-hybridized carbons (Fsp3) is 0.489. The smallest absolute Gasteiger partial charge is 0.353 e. The summed E-state index contributed by atoms with van der Waals surface area (Å²) in [5.41, 5.74) is 9.32. The van der Waals surface area contributed by atoms with Gasteiger partial charge in [0.25, 0.3) is 23.6 Å². The number of nitrogens with zero attached hydrogens (tertiary/aromatic N) is 15. The first-order valence-electron chi connectivity index (χ1n) is 40.1. The van der Waals surface area contributed by atoms with E-state index in [9.17, 15) is 34.6 Å². The number of nitrogens with one attached hydrogen (secondary N) is 9. The summed E-state index contributed by atoms with van der Waals surface area (Å²) < 4.78 is 1.61. The van der Waals surface area contributed by atoms with Crippen LogP contribution in [0.5, 0.6) is 0 Å². The van der Waals surface area contributed by atoms with Gasteiger partial charge in [0.2, 0.25) is 17.6 Å². The first kappa shape index (κ1) is 99.7. The number of halogens is 2. The summed E-state index contributed by atoms with van der Waals surface area (Å²) in [7, 11) is 18.3. The number of carbonyl (C=O) groups is 4. The van der Waals surface area contributed by atoms with Crippen LogP contribution >= 0.6 is 31.9 Å². The molecule has 9 N–H and O–H groups in total. The van der Waals surface area contributed by atoms with E-state index < -0.39 is 4.92 Å². The average molecular weight is 1780 g/mol. The van der Waals surface area contributed by atoms with Crippen LogP contribution in [0.4, 0.5) is 80.9 Å². The van der Waals surface area contributed by atoms with Crippen LogP contribution in [0.25, 0.3) is 0 Å². The molecule has 0 saturated carbocycles. The largest absolute Gasteiger partial charge is 0.358 e. The lowest BCUT2D eigenvalue weighted by Gasteiger charge is -2.29. The van der Waals surface area contributed by atoms with E-state index in [-0.39, 0.29) is 62.6 Å². The number of amides is 4. The fourth-order valence-electron chi connectivity index (χ4n) is 12.5. The van der Waals surface area contributed by atoms with Gasteiger partial charge in [0.15, 0.2) is 23.3 Å². The molecule has 650 valence electrons. The number of aryl methyl sites for hydroxylation is 7. The standard InChI is InChI=1S/C25H38N8O.2C21H30BrN5O.C21H30N6O3/c1-17-10-11-18(23(34)27-5)14-20(17)29-21-19(15-26)22(33(8)16-25(2,3)4)31-24(30-21)28-12-9-13-32(6)7;2*1-8-16-25-18(17(22)19(26-16)27(7)12-21(3,4)5)24-15-11-14(20(28)23-6)10-9-13(15)2;1-8-16-24-18(23-15-11-14(20(28)22-6)10-9-13(15)2)17(27(29)30)19(25-16)26(7)12-21(3,4)5/h10-11,14H,9,12-13,16H2,1-8H3,(H,27,34)(H2,28,29,30,31);2*9-11H,8,12H2,1-7H3,(H,23,28)(H,24,25,26);9-11H,8,12H2,1-7H3,(H,22,28)(H,23,24,25). The first-order chi connectivity index (χ1) is 56.0. The van der Waals surface area contributed by atoms with E-state index in [1.54, 1.807) is 70.5 Å². The predicted octanol–water partition coefficient (Wildman–Crippen LogP) is 16.8. The summed E-state index contributed by atoms with van der Waals surface area (Å²) in [6.07, 6.45) is 2.92. The zero-order valence-electron chi connectivity index (χ0n) is 75.9. The van der Waals surface area contributed by atoms with Crippen LogP contribution in [-0.4, -0.2) is 183 Å². The van der Waals surface area contributed by atoms with Gasteiger partial charge in [0.05, 0.1) is 4.92 Å². The number of rotatable bonds is 29. The second kappa shape index (κ2) is 44.4. The van der Waals surface area contributed by atoms with Crippen molar-refractivity contribution in [1.29, 1.82) is 5.26 Å². The molecule has 0 aliphatic heterocycles. The zero-order valence-corrected chi connectivity index (χ0v) is 79.1. The molecule has 32 heteroatoms. The zero-order chi connectivity index (χ0) is 90.2. The highest BCUT2D eigenvalue weighted by molar-refractivity contribution is 9.11. The van der Waals surface area contributed by atoms with Crippen LogP contribution in [0.2, 0.25) is 0 Å². The summed E-state index contributed by atoms with van der Waals surface area (Å²) in [6.45, 7) is 44.2. The van der Waals surface area contributed by atoms with Crippen molar-refractivity contribution in [3.8, 4) is 6.07 Å². The maximum Gasteiger partial charge on any atom is 0.353 e. The summed E-state index contributed by atoms with van der Waals surface area (Å²) >= 11 is 7.38. The Morgan fingerprint density at radius 3 is 1.02 bits per heavy atom. The third kappa shape index (κ3) is 30.1. The molecule has 8 rings (SSSR count). The van der Waals surface area contributed by atoms with Crippen molar-refractivity contribution in [1.82, 2.24) is 66.0 Å². The van der Waals surface area contributed by atoms with E-state index in [2.05, 4.69) is 208 Å². The minimum absolute atomic E-state index is 0.0117. The Labute approximate surface area is 727 Å². The van der Waals surface area contributed by atoms with E-state index in [1.807, 2.05) is 131 Å². The monoisotopic (exact) mass is 1770 g/mol. The normalized spacial score (nSPS) is 11.2. The molecule has 0 aliphatic carbocycles. The molecular weight excluding hydrogens is 1650 g/mol. The number of hydrogen-bond donors (Lipinski definition) is 9. The molecule has 4 amide bonds. The Hall–Kier alpha value is -10.9. The molecule has 0 aliphatic rings. The Morgan fingerprint density at radius 2 is 0.725 bits per heavy atom. The van der Waals surface area contributed by atoms with Gasteiger partial charge < -0.3 is 72.4 Å². The highest BCUT2D eigenvalue weighted by Crippen LogP contribution is 2.40. The van der Waals surface area contributed by atoms with E-state index >= 15 is 0 Å². The van der Waals surface area contributed by atoms with Crippen molar-refractivity contribution in [2.45, 2.75) is 157 Å². The Bertz CT molecular complexity index is 4790. The summed E-state index contributed by atoms with van der Waals surface area (Å²) in [6, 6.07) is 24.0. The van der Waals surface area contributed by atoms with Crippen molar-refractivity contribution in [3.63, 3.8) is 0 Å². The van der Waals surface area contributed by atoms with Crippen LogP contribution in [0.15, 0.2) is 81.7 Å². The van der Waals surface area contributed by atoms with Gasteiger partial charge in [-0.15, -0.1) is 0 Å². The van der Waals surface area contributed by atoms with Crippen LogP contribution < -0.4 is 67.5 Å². The highest BCUT2D eigenvalue weighted by atomic mass is 79.9. The quantitative estimate of drug-likeness (QED) is 0.0119. The van der Waals surface area contributed by atoms with Gasteiger partial charge in [0.1, 0.15) is 49.7 Å². The van der Waals surface area contributed by atoms with Crippen molar-refractivity contribution >= 4 is 136 Å². The maximum absolute atomic E-state index is 12.1. The molecule has 0 radical (unpaired) electrons.